The van der Waals surface area contributed by atoms with E-state index in [0.717, 1.165) is 16.8 Å². The Morgan fingerprint density at radius 3 is 2.81 bits per heavy atom. The number of hydrogen-bond acceptors (Lipinski definition) is 5. The zero-order valence-electron chi connectivity index (χ0n) is 14.8. The van der Waals surface area contributed by atoms with Crippen LogP contribution in [0.5, 0.6) is 11.5 Å². The summed E-state index contributed by atoms with van der Waals surface area (Å²) in [6.45, 7) is 2.05. The number of methoxy groups -OCH3 is 1. The first-order valence-electron chi connectivity index (χ1n) is 8.07. The lowest BCUT2D eigenvalue weighted by Crippen LogP contribution is -2.00. The summed E-state index contributed by atoms with van der Waals surface area (Å²) >= 11 is 3.49. The van der Waals surface area contributed by atoms with Crippen LogP contribution < -0.4 is 15.2 Å². The van der Waals surface area contributed by atoms with Gasteiger partial charge in [0.15, 0.2) is 11.5 Å². The summed E-state index contributed by atoms with van der Waals surface area (Å²) in [6.07, 6.45) is 3.37. The zero-order chi connectivity index (χ0) is 19.4. The number of benzene rings is 2. The summed E-state index contributed by atoms with van der Waals surface area (Å²) < 4.78 is 26.7. The third kappa shape index (κ3) is 4.65. The van der Waals surface area contributed by atoms with Gasteiger partial charge in [0.05, 0.1) is 29.7 Å². The van der Waals surface area contributed by atoms with E-state index in [1.807, 2.05) is 13.0 Å². The van der Waals surface area contributed by atoms with Crippen LogP contribution in [0.3, 0.4) is 0 Å². The van der Waals surface area contributed by atoms with Crippen LogP contribution >= 0.6 is 15.9 Å². The summed E-state index contributed by atoms with van der Waals surface area (Å²) in [5.41, 5.74) is 8.06. The predicted molar refractivity (Wildman–Crippen MR) is 106 cm³/mol. The molecule has 0 aliphatic carbocycles. The van der Waals surface area contributed by atoms with Gasteiger partial charge in [-0.1, -0.05) is 12.1 Å². The lowest BCUT2D eigenvalue weighted by atomic mass is 10.2. The fraction of sp³-hybridized carbons (Fsp3) is 0.158. The van der Waals surface area contributed by atoms with E-state index in [-0.39, 0.29) is 12.4 Å². The SMILES string of the molecule is COc1cc(C=Nn2cc(C)nc2N)cc(Br)c1OCc1cccc(F)c1. The van der Waals surface area contributed by atoms with Crippen LogP contribution in [0.1, 0.15) is 16.8 Å². The number of halogens is 2. The van der Waals surface area contributed by atoms with E-state index in [0.29, 0.717) is 21.9 Å². The molecular formula is C19H18BrFN4O2. The largest absolute Gasteiger partial charge is 0.493 e. The van der Waals surface area contributed by atoms with Crippen molar-refractivity contribution in [1.29, 1.82) is 0 Å². The third-order valence-corrected chi connectivity index (χ3v) is 4.28. The van der Waals surface area contributed by atoms with E-state index in [9.17, 15) is 4.39 Å². The maximum atomic E-state index is 13.3. The number of rotatable bonds is 6. The molecule has 0 spiro atoms. The van der Waals surface area contributed by atoms with Crippen LogP contribution in [0, 0.1) is 12.7 Å². The van der Waals surface area contributed by atoms with Gasteiger partial charge in [0.1, 0.15) is 12.4 Å². The van der Waals surface area contributed by atoms with Crippen molar-refractivity contribution in [3.63, 3.8) is 0 Å². The maximum Gasteiger partial charge on any atom is 0.221 e. The molecule has 0 amide bonds. The quantitative estimate of drug-likeness (QED) is 0.593. The van der Waals surface area contributed by atoms with Crippen molar-refractivity contribution in [3.8, 4) is 11.5 Å². The van der Waals surface area contributed by atoms with Crippen LogP contribution in [-0.2, 0) is 6.61 Å². The molecule has 6 nitrogen and oxygen atoms in total. The van der Waals surface area contributed by atoms with E-state index in [2.05, 4.69) is 26.0 Å². The van der Waals surface area contributed by atoms with Gasteiger partial charge < -0.3 is 15.2 Å². The molecule has 1 aromatic heterocycles. The number of hydrogen-bond donors (Lipinski definition) is 1. The van der Waals surface area contributed by atoms with Gasteiger partial charge >= 0.3 is 0 Å². The molecule has 0 radical (unpaired) electrons. The zero-order valence-corrected chi connectivity index (χ0v) is 16.4. The topological polar surface area (TPSA) is 74.7 Å². The second-order valence-corrected chi connectivity index (χ2v) is 6.64. The molecule has 3 rings (SSSR count). The Balaban J connectivity index is 1.81. The molecule has 0 aliphatic heterocycles. The van der Waals surface area contributed by atoms with E-state index in [1.54, 1.807) is 37.7 Å². The number of nitrogens with two attached hydrogens (primary N) is 1. The number of nitrogens with zero attached hydrogens (tertiary/aromatic N) is 3. The van der Waals surface area contributed by atoms with Gasteiger partial charge in [0.2, 0.25) is 5.95 Å². The average Bonchev–Trinajstić information content (AvgIpc) is 2.96. The van der Waals surface area contributed by atoms with Gasteiger partial charge in [-0.2, -0.15) is 5.10 Å². The highest BCUT2D eigenvalue weighted by molar-refractivity contribution is 9.10. The molecule has 1 heterocycles. The average molecular weight is 433 g/mol. The van der Waals surface area contributed by atoms with E-state index < -0.39 is 0 Å². The smallest absolute Gasteiger partial charge is 0.221 e. The minimum Gasteiger partial charge on any atom is -0.493 e. The molecule has 0 atom stereocenters. The first kappa shape index (κ1) is 18.9. The first-order chi connectivity index (χ1) is 13.0. The molecule has 0 saturated carbocycles. The predicted octanol–water partition coefficient (Wildman–Crippen LogP) is 4.15. The number of aromatic nitrogens is 2. The van der Waals surface area contributed by atoms with Crippen molar-refractivity contribution in [3.05, 3.63) is 69.7 Å². The number of nitrogen functional groups attached to an aromatic ring is 1. The van der Waals surface area contributed by atoms with Gasteiger partial charge in [-0.05, 0) is 58.2 Å². The van der Waals surface area contributed by atoms with Crippen molar-refractivity contribution in [2.75, 3.05) is 12.8 Å². The summed E-state index contributed by atoms with van der Waals surface area (Å²) in [4.78, 5) is 4.09. The van der Waals surface area contributed by atoms with Crippen LogP contribution in [0.25, 0.3) is 0 Å². The molecule has 2 N–H and O–H groups in total. The first-order valence-corrected chi connectivity index (χ1v) is 8.86. The number of aryl methyl sites for hydroxylation is 1. The number of imidazole rings is 1. The van der Waals surface area contributed by atoms with E-state index >= 15 is 0 Å². The Morgan fingerprint density at radius 2 is 2.15 bits per heavy atom. The Kier molecular flexibility index (Phi) is 5.75. The molecule has 27 heavy (non-hydrogen) atoms. The Labute approximate surface area is 164 Å². The Bertz CT molecular complexity index is 988. The second kappa shape index (κ2) is 8.22. The van der Waals surface area contributed by atoms with Crippen LogP contribution in [0.4, 0.5) is 10.3 Å². The van der Waals surface area contributed by atoms with E-state index in [1.165, 1.54) is 16.8 Å². The number of ether oxygens (including phenoxy) is 2. The fourth-order valence-corrected chi connectivity index (χ4v) is 3.04. The molecule has 8 heteroatoms. The van der Waals surface area contributed by atoms with Gasteiger partial charge in [-0.25, -0.2) is 14.1 Å². The normalized spacial score (nSPS) is 11.1. The van der Waals surface area contributed by atoms with Crippen LogP contribution in [0.2, 0.25) is 0 Å². The van der Waals surface area contributed by atoms with Gasteiger partial charge in [-0.3, -0.25) is 0 Å². The highest BCUT2D eigenvalue weighted by atomic mass is 79.9. The van der Waals surface area contributed by atoms with Gasteiger partial charge in [0, 0.05) is 0 Å². The molecule has 0 fully saturated rings. The molecule has 3 aromatic rings. The standard InChI is InChI=1S/C19H18BrFN4O2/c1-12-10-25(19(22)24-12)23-9-14-7-16(20)18(17(8-14)26-2)27-11-13-4-3-5-15(21)6-13/h3-10H,11H2,1-2H3,(H2,22,24). The van der Waals surface area contributed by atoms with Crippen molar-refractivity contribution in [2.24, 2.45) is 5.10 Å². The highest BCUT2D eigenvalue weighted by Gasteiger charge is 2.12. The molecule has 2 aromatic carbocycles. The summed E-state index contributed by atoms with van der Waals surface area (Å²) in [7, 11) is 1.55. The minimum absolute atomic E-state index is 0.213. The highest BCUT2D eigenvalue weighted by Crippen LogP contribution is 2.36. The molecule has 0 aliphatic rings. The van der Waals surface area contributed by atoms with Crippen molar-refractivity contribution in [1.82, 2.24) is 9.66 Å². The Hall–Kier alpha value is -2.87. The summed E-state index contributed by atoms with van der Waals surface area (Å²) in [5, 5.41) is 4.29. The fourth-order valence-electron chi connectivity index (χ4n) is 2.46. The van der Waals surface area contributed by atoms with Gasteiger partial charge in [-0.15, -0.1) is 0 Å². The van der Waals surface area contributed by atoms with Crippen molar-refractivity contribution in [2.45, 2.75) is 13.5 Å². The van der Waals surface area contributed by atoms with E-state index in [4.69, 9.17) is 15.2 Å². The molecular weight excluding hydrogens is 415 g/mol. The second-order valence-electron chi connectivity index (χ2n) is 5.78. The third-order valence-electron chi connectivity index (χ3n) is 3.69. The monoisotopic (exact) mass is 432 g/mol. The molecule has 0 saturated heterocycles. The summed E-state index contributed by atoms with van der Waals surface area (Å²) in [6, 6.07) is 9.88. The van der Waals surface area contributed by atoms with Gasteiger partial charge in [0.25, 0.3) is 0 Å². The molecule has 0 unspecified atom stereocenters. The van der Waals surface area contributed by atoms with Crippen LogP contribution in [0.15, 0.2) is 52.2 Å². The molecule has 140 valence electrons. The summed E-state index contributed by atoms with van der Waals surface area (Å²) in [5.74, 6) is 1.06. The maximum absolute atomic E-state index is 13.3. The Morgan fingerprint density at radius 1 is 1.33 bits per heavy atom. The van der Waals surface area contributed by atoms with Crippen LogP contribution in [-0.4, -0.2) is 23.0 Å². The van der Waals surface area contributed by atoms with Crippen molar-refractivity contribution >= 4 is 28.1 Å². The number of anilines is 1. The lowest BCUT2D eigenvalue weighted by Gasteiger charge is -2.13. The van der Waals surface area contributed by atoms with Crippen molar-refractivity contribution < 1.29 is 13.9 Å². The lowest BCUT2D eigenvalue weighted by molar-refractivity contribution is 0.282. The molecule has 0 bridgehead atoms. The minimum atomic E-state index is -0.303.